The van der Waals surface area contributed by atoms with Gasteiger partial charge in [-0.3, -0.25) is 0 Å². The Morgan fingerprint density at radius 1 is 0.667 bits per heavy atom. The van der Waals surface area contributed by atoms with E-state index in [1.165, 1.54) is 83.5 Å². The summed E-state index contributed by atoms with van der Waals surface area (Å²) in [7, 11) is -5.39. The molecule has 0 saturated heterocycles. The third-order valence-electron chi connectivity index (χ3n) is 3.67. The number of allylic oxidation sites excluding steroid dienone is 2. The van der Waals surface area contributed by atoms with E-state index < -0.39 is 7.82 Å². The number of phosphoric acid groups is 1. The first kappa shape index (κ1) is 40.2. The van der Waals surface area contributed by atoms with Crippen LogP contribution >= 0.6 is 7.82 Å². The molecule has 0 aromatic heterocycles. The third-order valence-corrected chi connectivity index (χ3v) is 3.67. The number of rotatable bonds is 15. The molecule has 0 bridgehead atoms. The van der Waals surface area contributed by atoms with E-state index in [0.29, 0.717) is 6.61 Å². The fourth-order valence-electron chi connectivity index (χ4n) is 2.36. The van der Waals surface area contributed by atoms with Gasteiger partial charge < -0.3 is 24.4 Å². The van der Waals surface area contributed by atoms with Gasteiger partial charge in [-0.2, -0.15) is 7.82 Å². The standard InChI is InChI=1S/C18H36O.3Na.H3O4P/c1-2-3-4-5-6-7-8-9-10-11-12-13-14-15-16-17-18-19;;;;1-5(2,3)4/h9-10,19H,2-8,11-18H2,1H3;;;;(H3,1,2,3,4)/q;3*+1;/p-3. The summed E-state index contributed by atoms with van der Waals surface area (Å²) in [5.74, 6) is 0. The van der Waals surface area contributed by atoms with Gasteiger partial charge in [0.25, 0.3) is 0 Å². The summed E-state index contributed by atoms with van der Waals surface area (Å²) in [6, 6.07) is 0. The number of hydrogen-bond acceptors (Lipinski definition) is 5. The molecule has 9 heteroatoms. The van der Waals surface area contributed by atoms with Gasteiger partial charge in [0, 0.05) is 6.61 Å². The molecule has 0 fully saturated rings. The maximum absolute atomic E-state index is 8.66. The molecule has 5 nitrogen and oxygen atoms in total. The average Bonchev–Trinajstić information content (AvgIpc) is 2.49. The Hall–Kier alpha value is 2.81. The molecule has 0 heterocycles. The topological polar surface area (TPSA) is 106 Å². The predicted octanol–water partition coefficient (Wildman–Crippen LogP) is -5.80. The molecule has 0 aromatic rings. The van der Waals surface area contributed by atoms with Crippen LogP contribution in [-0.4, -0.2) is 11.7 Å². The van der Waals surface area contributed by atoms with E-state index >= 15 is 0 Å². The van der Waals surface area contributed by atoms with Crippen molar-refractivity contribution in [2.45, 2.75) is 96.8 Å². The monoisotopic (exact) mass is 432 g/mol. The number of unbranched alkanes of at least 4 members (excludes halogenated alkanes) is 12. The molecule has 0 radical (unpaired) electrons. The van der Waals surface area contributed by atoms with Crippen LogP contribution in [0.4, 0.5) is 0 Å². The minimum atomic E-state index is -5.39. The van der Waals surface area contributed by atoms with Crippen molar-refractivity contribution in [3.8, 4) is 0 Å². The van der Waals surface area contributed by atoms with Crippen LogP contribution in [0.3, 0.4) is 0 Å². The second kappa shape index (κ2) is 33.4. The van der Waals surface area contributed by atoms with Crippen molar-refractivity contribution in [3.63, 3.8) is 0 Å². The summed E-state index contributed by atoms with van der Waals surface area (Å²) in [6.07, 6.45) is 23.2. The van der Waals surface area contributed by atoms with Crippen molar-refractivity contribution in [3.05, 3.63) is 12.2 Å². The zero-order chi connectivity index (χ0) is 18.5. The van der Waals surface area contributed by atoms with E-state index in [4.69, 9.17) is 24.4 Å². The Balaban J connectivity index is -0.000000178. The summed E-state index contributed by atoms with van der Waals surface area (Å²) in [4.78, 5) is 25.6. The smallest absolute Gasteiger partial charge is 0.822 e. The van der Waals surface area contributed by atoms with Gasteiger partial charge in [0.05, 0.1) is 0 Å². The zero-order valence-electron chi connectivity index (χ0n) is 18.3. The second-order valence-corrected chi connectivity index (χ2v) is 7.00. The summed E-state index contributed by atoms with van der Waals surface area (Å²) in [6.45, 7) is 2.64. The molecule has 0 atom stereocenters. The molecule has 0 spiro atoms. The summed E-state index contributed by atoms with van der Waals surface area (Å²) in [5.41, 5.74) is 0. The fraction of sp³-hybridized carbons (Fsp3) is 0.889. The van der Waals surface area contributed by atoms with Gasteiger partial charge in [0.1, 0.15) is 0 Å². The van der Waals surface area contributed by atoms with Gasteiger partial charge in [0.2, 0.25) is 0 Å². The zero-order valence-corrected chi connectivity index (χ0v) is 25.2. The van der Waals surface area contributed by atoms with E-state index in [9.17, 15) is 0 Å². The largest absolute Gasteiger partial charge is 1.00 e. The second-order valence-electron chi connectivity index (χ2n) is 6.11. The maximum atomic E-state index is 8.66. The van der Waals surface area contributed by atoms with Crippen LogP contribution in [0.2, 0.25) is 0 Å². The van der Waals surface area contributed by atoms with Crippen molar-refractivity contribution in [1.29, 1.82) is 0 Å². The first-order valence-electron chi connectivity index (χ1n) is 9.40. The minimum Gasteiger partial charge on any atom is -0.822 e. The van der Waals surface area contributed by atoms with Gasteiger partial charge >= 0.3 is 88.7 Å². The Kier molecular flexibility index (Phi) is 49.8. The van der Waals surface area contributed by atoms with Crippen molar-refractivity contribution in [2.75, 3.05) is 6.61 Å². The molecular weight excluding hydrogens is 396 g/mol. The minimum absolute atomic E-state index is 0. The van der Waals surface area contributed by atoms with E-state index in [-0.39, 0.29) is 88.7 Å². The molecule has 1 N–H and O–H groups in total. The molecule has 0 saturated carbocycles. The molecule has 0 aliphatic rings. The van der Waals surface area contributed by atoms with Gasteiger partial charge in [-0.1, -0.05) is 76.9 Å². The van der Waals surface area contributed by atoms with Gasteiger partial charge in [0.15, 0.2) is 0 Å². The van der Waals surface area contributed by atoms with Crippen LogP contribution in [0.5, 0.6) is 0 Å². The average molecular weight is 432 g/mol. The van der Waals surface area contributed by atoms with Crippen LogP contribution in [0.15, 0.2) is 12.2 Å². The molecular formula is C18H36Na3O5P. The number of aliphatic hydroxyl groups is 1. The molecule has 0 aromatic carbocycles. The van der Waals surface area contributed by atoms with Crippen molar-refractivity contribution >= 4 is 7.82 Å². The van der Waals surface area contributed by atoms with Crippen LogP contribution in [0, 0.1) is 0 Å². The molecule has 27 heavy (non-hydrogen) atoms. The molecule has 0 amide bonds. The van der Waals surface area contributed by atoms with Crippen LogP contribution < -0.4 is 103 Å². The van der Waals surface area contributed by atoms with Gasteiger partial charge in [-0.05, 0) is 32.1 Å². The normalized spacial score (nSPS) is 10.3. The van der Waals surface area contributed by atoms with Crippen LogP contribution in [0.25, 0.3) is 0 Å². The fourth-order valence-corrected chi connectivity index (χ4v) is 2.36. The molecule has 0 unspecified atom stereocenters. The van der Waals surface area contributed by atoms with Crippen LogP contribution in [0.1, 0.15) is 96.8 Å². The summed E-state index contributed by atoms with van der Waals surface area (Å²) in [5, 5.41) is 8.66. The Bertz CT molecular complexity index is 307. The van der Waals surface area contributed by atoms with E-state index in [0.717, 1.165) is 6.42 Å². The van der Waals surface area contributed by atoms with Crippen molar-refractivity contribution in [2.24, 2.45) is 0 Å². The number of aliphatic hydroxyl groups excluding tert-OH is 1. The Morgan fingerprint density at radius 2 is 0.963 bits per heavy atom. The molecule has 146 valence electrons. The summed E-state index contributed by atoms with van der Waals surface area (Å²) >= 11 is 0. The van der Waals surface area contributed by atoms with Crippen molar-refractivity contribution in [1.82, 2.24) is 0 Å². The molecule has 0 aliphatic carbocycles. The maximum Gasteiger partial charge on any atom is 1.00 e. The van der Waals surface area contributed by atoms with E-state index in [2.05, 4.69) is 19.1 Å². The van der Waals surface area contributed by atoms with Gasteiger partial charge in [-0.15, -0.1) is 0 Å². The van der Waals surface area contributed by atoms with E-state index in [1.54, 1.807) is 0 Å². The molecule has 0 aliphatic heterocycles. The quantitative estimate of drug-likeness (QED) is 0.120. The van der Waals surface area contributed by atoms with Crippen LogP contribution in [-0.2, 0) is 4.57 Å². The summed E-state index contributed by atoms with van der Waals surface area (Å²) < 4.78 is 8.55. The molecule has 0 rings (SSSR count). The number of hydrogen-bond donors (Lipinski definition) is 1. The SMILES string of the molecule is CCCCCCCCC=CCCCCCCCCO.O=P([O-])([O-])[O-].[Na+].[Na+].[Na+]. The van der Waals surface area contributed by atoms with Crippen molar-refractivity contribution < 1.29 is 113 Å². The van der Waals surface area contributed by atoms with E-state index in [1.807, 2.05) is 0 Å². The first-order chi connectivity index (χ1) is 11.4. The van der Waals surface area contributed by atoms with Gasteiger partial charge in [-0.25, -0.2) is 0 Å². The predicted molar refractivity (Wildman–Crippen MR) is 94.1 cm³/mol. The third kappa shape index (κ3) is 58.5. The Labute approximate surface area is 233 Å². The first-order valence-corrected chi connectivity index (χ1v) is 10.9. The Morgan fingerprint density at radius 3 is 1.30 bits per heavy atom.